The molecule has 0 bridgehead atoms. The molecule has 0 aliphatic heterocycles. The van der Waals surface area contributed by atoms with Crippen molar-refractivity contribution in [3.8, 4) is 0 Å². The van der Waals surface area contributed by atoms with E-state index in [9.17, 15) is 4.79 Å². The second-order valence-electron chi connectivity index (χ2n) is 5.79. The molecule has 0 radical (unpaired) electrons. The molecule has 6 heteroatoms. The lowest BCUT2D eigenvalue weighted by Crippen LogP contribution is -2.24. The molecule has 0 saturated carbocycles. The van der Waals surface area contributed by atoms with Gasteiger partial charge in [0, 0.05) is 33.0 Å². The van der Waals surface area contributed by atoms with E-state index in [1.54, 1.807) is 11.3 Å². The highest BCUT2D eigenvalue weighted by Crippen LogP contribution is 2.28. The van der Waals surface area contributed by atoms with Crippen LogP contribution in [-0.4, -0.2) is 17.4 Å². The molecule has 1 amide bonds. The van der Waals surface area contributed by atoms with Gasteiger partial charge in [0.05, 0.1) is 5.01 Å². The highest BCUT2D eigenvalue weighted by Gasteiger charge is 2.17. The fourth-order valence-electron chi connectivity index (χ4n) is 2.61. The summed E-state index contributed by atoms with van der Waals surface area (Å²) >= 11 is 5.15. The molecule has 0 atom stereocenters. The third-order valence-corrected chi connectivity index (χ3v) is 5.39. The number of furan rings is 1. The second-order valence-corrected chi connectivity index (χ2v) is 7.65. The number of fused-ring (bicyclic) bond motifs is 1. The van der Waals surface area contributed by atoms with Crippen LogP contribution in [0.15, 0.2) is 32.5 Å². The molecule has 4 nitrogen and oxygen atoms in total. The van der Waals surface area contributed by atoms with Crippen LogP contribution in [0.1, 0.15) is 39.7 Å². The smallest absolute Gasteiger partial charge is 0.287 e. The molecule has 126 valence electrons. The van der Waals surface area contributed by atoms with E-state index < -0.39 is 0 Å². The van der Waals surface area contributed by atoms with Gasteiger partial charge in [0.1, 0.15) is 5.58 Å². The molecule has 0 aliphatic carbocycles. The Balaban J connectivity index is 1.52. The van der Waals surface area contributed by atoms with Crippen molar-refractivity contribution in [2.45, 2.75) is 33.1 Å². The number of unbranched alkanes of at least 4 members (excludes halogenated alkanes) is 1. The SMILES string of the molecule is Cc1csc(CCCCNC(=O)c2oc3ccc(Br)cc3c2C)n1. The number of halogens is 1. The third kappa shape index (κ3) is 3.87. The summed E-state index contributed by atoms with van der Waals surface area (Å²) in [6.07, 6.45) is 2.90. The molecule has 0 spiro atoms. The summed E-state index contributed by atoms with van der Waals surface area (Å²) < 4.78 is 6.68. The van der Waals surface area contributed by atoms with Gasteiger partial charge in [-0.1, -0.05) is 15.9 Å². The zero-order chi connectivity index (χ0) is 17.1. The highest BCUT2D eigenvalue weighted by atomic mass is 79.9. The predicted octanol–water partition coefficient (Wildman–Crippen LogP) is 5.02. The summed E-state index contributed by atoms with van der Waals surface area (Å²) in [4.78, 5) is 16.8. The number of amides is 1. The lowest BCUT2D eigenvalue weighted by Gasteiger charge is -2.03. The summed E-state index contributed by atoms with van der Waals surface area (Å²) in [6.45, 7) is 4.57. The molecule has 0 aliphatic rings. The first-order valence-electron chi connectivity index (χ1n) is 7.92. The number of nitrogens with one attached hydrogen (secondary N) is 1. The van der Waals surface area contributed by atoms with E-state index in [0.29, 0.717) is 12.3 Å². The Morgan fingerprint density at radius 2 is 2.17 bits per heavy atom. The first-order valence-corrected chi connectivity index (χ1v) is 9.59. The number of thiazole rings is 1. The average molecular weight is 407 g/mol. The van der Waals surface area contributed by atoms with E-state index in [-0.39, 0.29) is 5.91 Å². The van der Waals surface area contributed by atoms with E-state index in [4.69, 9.17) is 4.42 Å². The highest BCUT2D eigenvalue weighted by molar-refractivity contribution is 9.10. The van der Waals surface area contributed by atoms with Gasteiger partial charge < -0.3 is 9.73 Å². The zero-order valence-corrected chi connectivity index (χ0v) is 16.1. The number of hydrogen-bond acceptors (Lipinski definition) is 4. The molecule has 0 saturated heterocycles. The van der Waals surface area contributed by atoms with Crippen molar-refractivity contribution in [3.05, 3.63) is 50.1 Å². The minimum absolute atomic E-state index is 0.148. The lowest BCUT2D eigenvalue weighted by molar-refractivity contribution is 0.0926. The molecule has 3 aromatic rings. The van der Waals surface area contributed by atoms with Crippen molar-refractivity contribution < 1.29 is 9.21 Å². The average Bonchev–Trinajstić information content (AvgIpc) is 3.11. The van der Waals surface area contributed by atoms with Crippen LogP contribution in [0.25, 0.3) is 11.0 Å². The van der Waals surface area contributed by atoms with Crippen molar-refractivity contribution in [3.63, 3.8) is 0 Å². The predicted molar refractivity (Wildman–Crippen MR) is 101 cm³/mol. The van der Waals surface area contributed by atoms with Crippen LogP contribution in [-0.2, 0) is 6.42 Å². The number of nitrogens with zero attached hydrogens (tertiary/aromatic N) is 1. The molecular formula is C18H19BrN2O2S. The van der Waals surface area contributed by atoms with Gasteiger partial charge >= 0.3 is 0 Å². The standard InChI is InChI=1S/C18H19BrN2O2S/c1-11-10-24-16(21-11)5-3-4-8-20-18(22)17-12(2)14-9-13(19)6-7-15(14)23-17/h6-7,9-10H,3-5,8H2,1-2H3,(H,20,22). The van der Waals surface area contributed by atoms with Gasteiger partial charge in [-0.3, -0.25) is 4.79 Å². The largest absolute Gasteiger partial charge is 0.451 e. The van der Waals surface area contributed by atoms with Crippen molar-refractivity contribution in [1.82, 2.24) is 10.3 Å². The Kier molecular flexibility index (Phi) is 5.36. The van der Waals surface area contributed by atoms with Crippen molar-refractivity contribution in [1.29, 1.82) is 0 Å². The van der Waals surface area contributed by atoms with Crippen molar-refractivity contribution in [2.24, 2.45) is 0 Å². The summed E-state index contributed by atoms with van der Waals surface area (Å²) in [5, 5.41) is 7.15. The molecule has 1 N–H and O–H groups in total. The Bertz CT molecular complexity index is 869. The number of aryl methyl sites for hydroxylation is 3. The number of aromatic nitrogens is 1. The third-order valence-electron chi connectivity index (χ3n) is 3.87. The second kappa shape index (κ2) is 7.49. The van der Waals surface area contributed by atoms with Gasteiger partial charge in [0.25, 0.3) is 5.91 Å². The van der Waals surface area contributed by atoms with Gasteiger partial charge in [-0.05, 0) is 51.3 Å². The molecular weight excluding hydrogens is 388 g/mol. The quantitative estimate of drug-likeness (QED) is 0.584. The number of benzene rings is 1. The molecule has 0 unspecified atom stereocenters. The topological polar surface area (TPSA) is 55.1 Å². The molecule has 0 fully saturated rings. The maximum absolute atomic E-state index is 12.3. The van der Waals surface area contributed by atoms with E-state index in [0.717, 1.165) is 51.0 Å². The summed E-state index contributed by atoms with van der Waals surface area (Å²) in [5.74, 6) is 0.253. The van der Waals surface area contributed by atoms with Crippen LogP contribution in [0.3, 0.4) is 0 Å². The minimum Gasteiger partial charge on any atom is -0.451 e. The van der Waals surface area contributed by atoms with Crippen LogP contribution >= 0.6 is 27.3 Å². The van der Waals surface area contributed by atoms with Gasteiger partial charge in [-0.15, -0.1) is 11.3 Å². The number of carbonyl (C=O) groups excluding carboxylic acids is 1. The van der Waals surface area contributed by atoms with Crippen LogP contribution in [0.2, 0.25) is 0 Å². The van der Waals surface area contributed by atoms with Gasteiger partial charge in [-0.2, -0.15) is 0 Å². The molecule has 24 heavy (non-hydrogen) atoms. The lowest BCUT2D eigenvalue weighted by atomic mass is 10.1. The van der Waals surface area contributed by atoms with Crippen LogP contribution in [0.5, 0.6) is 0 Å². The van der Waals surface area contributed by atoms with Crippen LogP contribution < -0.4 is 5.32 Å². The maximum atomic E-state index is 12.3. The first kappa shape index (κ1) is 17.2. The van der Waals surface area contributed by atoms with Crippen molar-refractivity contribution >= 4 is 44.1 Å². The normalized spacial score (nSPS) is 11.1. The maximum Gasteiger partial charge on any atom is 0.287 e. The number of rotatable bonds is 6. The Labute approximate surface area is 153 Å². The minimum atomic E-state index is -0.148. The number of carbonyl (C=O) groups is 1. The van der Waals surface area contributed by atoms with E-state index in [1.165, 1.54) is 0 Å². The molecule has 1 aromatic carbocycles. The molecule has 2 heterocycles. The van der Waals surface area contributed by atoms with E-state index in [2.05, 4.69) is 31.6 Å². The van der Waals surface area contributed by atoms with Gasteiger partial charge in [0.2, 0.25) is 0 Å². The monoisotopic (exact) mass is 406 g/mol. The Morgan fingerprint density at radius 3 is 2.92 bits per heavy atom. The zero-order valence-electron chi connectivity index (χ0n) is 13.7. The summed E-state index contributed by atoms with van der Waals surface area (Å²) in [5.41, 5.74) is 2.69. The molecule has 2 aromatic heterocycles. The van der Waals surface area contributed by atoms with Crippen molar-refractivity contribution in [2.75, 3.05) is 6.54 Å². The Morgan fingerprint density at radius 1 is 1.33 bits per heavy atom. The molecule has 3 rings (SSSR count). The Hall–Kier alpha value is -1.66. The van der Waals surface area contributed by atoms with Crippen LogP contribution in [0, 0.1) is 13.8 Å². The fraction of sp³-hybridized carbons (Fsp3) is 0.333. The fourth-order valence-corrected chi connectivity index (χ4v) is 3.79. The van der Waals surface area contributed by atoms with Gasteiger partial charge in [-0.25, -0.2) is 4.98 Å². The first-order chi connectivity index (χ1) is 11.5. The van der Waals surface area contributed by atoms with E-state index >= 15 is 0 Å². The van der Waals surface area contributed by atoms with Crippen LogP contribution in [0.4, 0.5) is 0 Å². The summed E-state index contributed by atoms with van der Waals surface area (Å²) in [6, 6.07) is 5.76. The van der Waals surface area contributed by atoms with E-state index in [1.807, 2.05) is 32.0 Å². The van der Waals surface area contributed by atoms with Gasteiger partial charge in [0.15, 0.2) is 5.76 Å². The number of hydrogen-bond donors (Lipinski definition) is 1. The summed E-state index contributed by atoms with van der Waals surface area (Å²) in [7, 11) is 0.